The van der Waals surface area contributed by atoms with Crippen LogP contribution in [0.3, 0.4) is 0 Å². The molecule has 1 fully saturated rings. The molecule has 1 saturated heterocycles. The maximum Gasteiger partial charge on any atom is 0.340 e. The number of carbonyl (C=O) groups excluding carboxylic acids is 4. The largest absolute Gasteiger partial charge is 0.452 e. The number of benzene rings is 2. The van der Waals surface area contributed by atoms with Gasteiger partial charge in [0.25, 0.3) is 11.8 Å². The molecule has 8 nitrogen and oxygen atoms in total. The van der Waals surface area contributed by atoms with E-state index in [0.29, 0.717) is 37.2 Å². The summed E-state index contributed by atoms with van der Waals surface area (Å²) in [5.41, 5.74) is 7.17. The number of piperidine rings is 1. The summed E-state index contributed by atoms with van der Waals surface area (Å²) in [6.45, 7) is 2.26. The van der Waals surface area contributed by atoms with Gasteiger partial charge in [-0.3, -0.25) is 14.4 Å². The SMILES string of the molecule is Cc1cccc(C(=O)Nc2ccccc2C(=O)OCC(=O)N2CCC(C(N)=O)CC2)c1. The van der Waals surface area contributed by atoms with E-state index in [1.165, 1.54) is 6.07 Å². The van der Waals surface area contributed by atoms with Crippen LogP contribution < -0.4 is 11.1 Å². The highest BCUT2D eigenvalue weighted by Gasteiger charge is 2.26. The first-order valence-corrected chi connectivity index (χ1v) is 10.1. The normalized spacial score (nSPS) is 14.0. The molecule has 2 aromatic carbocycles. The number of para-hydroxylation sites is 1. The van der Waals surface area contributed by atoms with Gasteiger partial charge in [-0.2, -0.15) is 0 Å². The Bertz CT molecular complexity index is 996. The fraction of sp³-hybridized carbons (Fsp3) is 0.304. The molecule has 2 aromatic rings. The van der Waals surface area contributed by atoms with E-state index in [1.807, 2.05) is 13.0 Å². The molecule has 0 bridgehead atoms. The number of carbonyl (C=O) groups is 4. The van der Waals surface area contributed by atoms with Gasteiger partial charge in [-0.1, -0.05) is 29.8 Å². The lowest BCUT2D eigenvalue weighted by atomic mass is 9.96. The van der Waals surface area contributed by atoms with E-state index in [0.717, 1.165) is 5.56 Å². The summed E-state index contributed by atoms with van der Waals surface area (Å²) in [7, 11) is 0. The molecule has 0 atom stereocenters. The van der Waals surface area contributed by atoms with Crippen molar-refractivity contribution >= 4 is 29.4 Å². The van der Waals surface area contributed by atoms with Gasteiger partial charge in [0.15, 0.2) is 6.61 Å². The number of rotatable bonds is 6. The minimum atomic E-state index is -0.708. The fourth-order valence-electron chi connectivity index (χ4n) is 3.46. The number of amides is 3. The summed E-state index contributed by atoms with van der Waals surface area (Å²) in [6.07, 6.45) is 1.01. The van der Waals surface area contributed by atoms with Crippen LogP contribution in [0.25, 0.3) is 0 Å². The van der Waals surface area contributed by atoms with Crippen molar-refractivity contribution in [1.29, 1.82) is 0 Å². The minimum Gasteiger partial charge on any atom is -0.452 e. The highest BCUT2D eigenvalue weighted by Crippen LogP contribution is 2.19. The first-order valence-electron chi connectivity index (χ1n) is 10.1. The van der Waals surface area contributed by atoms with Gasteiger partial charge in [0.1, 0.15) is 0 Å². The van der Waals surface area contributed by atoms with E-state index in [4.69, 9.17) is 10.5 Å². The highest BCUT2D eigenvalue weighted by molar-refractivity contribution is 6.08. The molecule has 3 amide bonds. The fourth-order valence-corrected chi connectivity index (χ4v) is 3.46. The van der Waals surface area contributed by atoms with E-state index in [9.17, 15) is 19.2 Å². The number of hydrogen-bond donors (Lipinski definition) is 2. The van der Waals surface area contributed by atoms with Crippen molar-refractivity contribution in [2.24, 2.45) is 11.7 Å². The molecule has 31 heavy (non-hydrogen) atoms. The van der Waals surface area contributed by atoms with E-state index < -0.39 is 12.6 Å². The van der Waals surface area contributed by atoms with Gasteiger partial charge in [-0.25, -0.2) is 4.79 Å². The topological polar surface area (TPSA) is 119 Å². The number of ether oxygens (including phenoxy) is 1. The van der Waals surface area contributed by atoms with Crippen LogP contribution in [0.15, 0.2) is 48.5 Å². The monoisotopic (exact) mass is 423 g/mol. The Hall–Kier alpha value is -3.68. The van der Waals surface area contributed by atoms with Crippen LogP contribution in [0, 0.1) is 12.8 Å². The second kappa shape index (κ2) is 9.88. The average molecular weight is 423 g/mol. The van der Waals surface area contributed by atoms with Crippen LogP contribution in [-0.2, 0) is 14.3 Å². The van der Waals surface area contributed by atoms with Gasteiger partial charge in [0.05, 0.1) is 11.3 Å². The van der Waals surface area contributed by atoms with E-state index in [2.05, 4.69) is 5.32 Å². The zero-order valence-electron chi connectivity index (χ0n) is 17.3. The molecule has 0 saturated carbocycles. The molecule has 0 spiro atoms. The van der Waals surface area contributed by atoms with Gasteiger partial charge in [-0.05, 0) is 44.0 Å². The molecular formula is C23H25N3O5. The van der Waals surface area contributed by atoms with Crippen molar-refractivity contribution in [3.05, 3.63) is 65.2 Å². The molecular weight excluding hydrogens is 398 g/mol. The van der Waals surface area contributed by atoms with Crippen molar-refractivity contribution in [3.63, 3.8) is 0 Å². The number of anilines is 1. The highest BCUT2D eigenvalue weighted by atomic mass is 16.5. The standard InChI is InChI=1S/C23H25N3O5/c1-15-5-4-6-17(13-15)22(29)25-19-8-3-2-7-18(19)23(30)31-14-20(27)26-11-9-16(10-12-26)21(24)28/h2-8,13,16H,9-12,14H2,1H3,(H2,24,28)(H,25,29). The van der Waals surface area contributed by atoms with E-state index >= 15 is 0 Å². The molecule has 8 heteroatoms. The van der Waals surface area contributed by atoms with Crippen LogP contribution in [0.4, 0.5) is 5.69 Å². The number of primary amides is 1. The van der Waals surface area contributed by atoms with Crippen LogP contribution >= 0.6 is 0 Å². The molecule has 0 aliphatic carbocycles. The number of nitrogens with zero attached hydrogens (tertiary/aromatic N) is 1. The number of nitrogens with two attached hydrogens (primary N) is 1. The molecule has 0 radical (unpaired) electrons. The number of aryl methyl sites for hydroxylation is 1. The Morgan fingerprint density at radius 2 is 1.77 bits per heavy atom. The van der Waals surface area contributed by atoms with Crippen molar-refractivity contribution < 1.29 is 23.9 Å². The zero-order chi connectivity index (χ0) is 22.4. The predicted octanol–water partition coefficient (Wildman–Crippen LogP) is 2.13. The molecule has 1 aliphatic rings. The van der Waals surface area contributed by atoms with Crippen LogP contribution in [0.5, 0.6) is 0 Å². The summed E-state index contributed by atoms with van der Waals surface area (Å²) in [5.74, 6) is -1.98. The van der Waals surface area contributed by atoms with Crippen molar-refractivity contribution in [2.45, 2.75) is 19.8 Å². The third kappa shape index (κ3) is 5.69. The summed E-state index contributed by atoms with van der Waals surface area (Å²) in [6, 6.07) is 13.6. The summed E-state index contributed by atoms with van der Waals surface area (Å²) in [5, 5.41) is 2.72. The Morgan fingerprint density at radius 1 is 1.06 bits per heavy atom. The zero-order valence-corrected chi connectivity index (χ0v) is 17.3. The summed E-state index contributed by atoms with van der Waals surface area (Å²) >= 11 is 0. The van der Waals surface area contributed by atoms with Crippen molar-refractivity contribution in [1.82, 2.24) is 4.90 Å². The van der Waals surface area contributed by atoms with Gasteiger partial charge >= 0.3 is 5.97 Å². The van der Waals surface area contributed by atoms with Gasteiger partial charge in [0, 0.05) is 24.6 Å². The third-order valence-electron chi connectivity index (χ3n) is 5.25. The quantitative estimate of drug-likeness (QED) is 0.690. The van der Waals surface area contributed by atoms with E-state index in [1.54, 1.807) is 41.3 Å². The van der Waals surface area contributed by atoms with Crippen molar-refractivity contribution in [3.8, 4) is 0 Å². The lowest BCUT2D eigenvalue weighted by molar-refractivity contribution is -0.137. The maximum absolute atomic E-state index is 12.6. The van der Waals surface area contributed by atoms with Crippen LogP contribution in [0.1, 0.15) is 39.1 Å². The van der Waals surface area contributed by atoms with Crippen LogP contribution in [-0.4, -0.2) is 48.3 Å². The van der Waals surface area contributed by atoms with E-state index in [-0.39, 0.29) is 29.2 Å². The van der Waals surface area contributed by atoms with Gasteiger partial charge in [-0.15, -0.1) is 0 Å². The molecule has 162 valence electrons. The number of likely N-dealkylation sites (tertiary alicyclic amines) is 1. The Labute approximate surface area is 180 Å². The first-order chi connectivity index (χ1) is 14.8. The molecule has 0 aromatic heterocycles. The van der Waals surface area contributed by atoms with Gasteiger partial charge in [0.2, 0.25) is 5.91 Å². The minimum absolute atomic E-state index is 0.156. The maximum atomic E-state index is 12.6. The first kappa shape index (κ1) is 22.0. The lowest BCUT2D eigenvalue weighted by Crippen LogP contribution is -2.43. The second-order valence-electron chi connectivity index (χ2n) is 7.50. The lowest BCUT2D eigenvalue weighted by Gasteiger charge is -2.30. The number of esters is 1. The Kier molecular flexibility index (Phi) is 7.02. The molecule has 0 unspecified atom stereocenters. The third-order valence-corrected chi connectivity index (χ3v) is 5.25. The van der Waals surface area contributed by atoms with Gasteiger partial charge < -0.3 is 20.7 Å². The summed E-state index contributed by atoms with van der Waals surface area (Å²) < 4.78 is 5.19. The molecule has 1 heterocycles. The molecule has 1 aliphatic heterocycles. The Morgan fingerprint density at radius 3 is 2.45 bits per heavy atom. The number of nitrogens with one attached hydrogen (secondary N) is 1. The van der Waals surface area contributed by atoms with Crippen molar-refractivity contribution in [2.75, 3.05) is 25.0 Å². The van der Waals surface area contributed by atoms with Crippen LogP contribution in [0.2, 0.25) is 0 Å². The number of hydrogen-bond acceptors (Lipinski definition) is 5. The average Bonchev–Trinajstić information content (AvgIpc) is 2.77. The molecule has 3 rings (SSSR count). The second-order valence-corrected chi connectivity index (χ2v) is 7.50. The molecule has 3 N–H and O–H groups in total. The summed E-state index contributed by atoms with van der Waals surface area (Å²) in [4.78, 5) is 50.2. The predicted molar refractivity (Wildman–Crippen MR) is 114 cm³/mol. The smallest absolute Gasteiger partial charge is 0.340 e. The Balaban J connectivity index is 1.59.